The predicted octanol–water partition coefficient (Wildman–Crippen LogP) is 4.06. The third kappa shape index (κ3) is 4.54. The SMILES string of the molecule is Cc1ccc(-c2cn(CC3CCCCC3O)nn2)cc1C(=O)Nc1ccccc1. The minimum absolute atomic E-state index is 0.145. The highest BCUT2D eigenvalue weighted by atomic mass is 16.3. The number of amides is 1. The van der Waals surface area contributed by atoms with E-state index in [9.17, 15) is 9.90 Å². The molecule has 1 fully saturated rings. The van der Waals surface area contributed by atoms with Crippen LogP contribution in [0.1, 0.15) is 41.6 Å². The van der Waals surface area contributed by atoms with E-state index in [4.69, 9.17) is 0 Å². The summed E-state index contributed by atoms with van der Waals surface area (Å²) in [6.45, 7) is 2.59. The van der Waals surface area contributed by atoms with Crippen molar-refractivity contribution in [3.05, 3.63) is 65.9 Å². The van der Waals surface area contributed by atoms with Gasteiger partial charge in [-0.3, -0.25) is 9.48 Å². The Morgan fingerprint density at radius 2 is 1.97 bits per heavy atom. The van der Waals surface area contributed by atoms with Crippen LogP contribution in [0.25, 0.3) is 11.3 Å². The first-order valence-corrected chi connectivity index (χ1v) is 10.2. The lowest BCUT2D eigenvalue weighted by molar-refractivity contribution is 0.0584. The molecule has 6 nitrogen and oxygen atoms in total. The van der Waals surface area contributed by atoms with Crippen LogP contribution in [0.5, 0.6) is 0 Å². The number of hydrogen-bond donors (Lipinski definition) is 2. The topological polar surface area (TPSA) is 80.0 Å². The van der Waals surface area contributed by atoms with E-state index in [1.807, 2.05) is 61.7 Å². The lowest BCUT2D eigenvalue weighted by Crippen LogP contribution is -2.28. The van der Waals surface area contributed by atoms with Crippen LogP contribution < -0.4 is 5.32 Å². The molecule has 2 aromatic carbocycles. The van der Waals surface area contributed by atoms with Gasteiger partial charge in [-0.1, -0.05) is 48.4 Å². The summed E-state index contributed by atoms with van der Waals surface area (Å²) in [6, 6.07) is 15.2. The Labute approximate surface area is 170 Å². The average Bonchev–Trinajstić information content (AvgIpc) is 3.19. The minimum atomic E-state index is -0.260. The van der Waals surface area contributed by atoms with Crippen LogP contribution in [0.15, 0.2) is 54.7 Å². The molecule has 29 heavy (non-hydrogen) atoms. The fourth-order valence-corrected chi connectivity index (χ4v) is 3.91. The molecule has 2 N–H and O–H groups in total. The van der Waals surface area contributed by atoms with Gasteiger partial charge in [0.2, 0.25) is 0 Å². The number of aliphatic hydroxyl groups is 1. The largest absolute Gasteiger partial charge is 0.393 e. The molecule has 150 valence electrons. The van der Waals surface area contributed by atoms with Crippen molar-refractivity contribution in [1.82, 2.24) is 15.0 Å². The van der Waals surface area contributed by atoms with E-state index in [0.29, 0.717) is 12.1 Å². The number of aromatic nitrogens is 3. The van der Waals surface area contributed by atoms with Crippen molar-refractivity contribution in [1.29, 1.82) is 0 Å². The van der Waals surface area contributed by atoms with Gasteiger partial charge >= 0.3 is 0 Å². The van der Waals surface area contributed by atoms with Crippen molar-refractivity contribution < 1.29 is 9.90 Å². The summed E-state index contributed by atoms with van der Waals surface area (Å²) in [5, 5.41) is 21.7. The molecule has 2 atom stereocenters. The molecule has 0 saturated heterocycles. The third-order valence-electron chi connectivity index (χ3n) is 5.64. The zero-order valence-electron chi connectivity index (χ0n) is 16.6. The molecule has 2 unspecified atom stereocenters. The van der Waals surface area contributed by atoms with E-state index in [1.165, 1.54) is 0 Å². The van der Waals surface area contributed by atoms with Gasteiger partial charge in [-0.25, -0.2) is 0 Å². The highest BCUT2D eigenvalue weighted by molar-refractivity contribution is 6.05. The molecule has 1 aliphatic carbocycles. The number of aryl methyl sites for hydroxylation is 1. The number of nitrogens with zero attached hydrogens (tertiary/aromatic N) is 3. The zero-order valence-corrected chi connectivity index (χ0v) is 16.6. The van der Waals surface area contributed by atoms with E-state index < -0.39 is 0 Å². The quantitative estimate of drug-likeness (QED) is 0.689. The number of carbonyl (C=O) groups is 1. The second kappa shape index (κ2) is 8.57. The van der Waals surface area contributed by atoms with Gasteiger partial charge in [-0.15, -0.1) is 5.10 Å². The molecular formula is C23H26N4O2. The van der Waals surface area contributed by atoms with Crippen LogP contribution in [-0.2, 0) is 6.54 Å². The Kier molecular flexibility index (Phi) is 5.71. The number of nitrogens with one attached hydrogen (secondary N) is 1. The Bertz CT molecular complexity index is 984. The van der Waals surface area contributed by atoms with E-state index in [2.05, 4.69) is 15.6 Å². The molecule has 3 aromatic rings. The van der Waals surface area contributed by atoms with Gasteiger partial charge in [0.05, 0.1) is 12.3 Å². The molecule has 0 bridgehead atoms. The first-order chi connectivity index (χ1) is 14.1. The Morgan fingerprint density at radius 1 is 1.17 bits per heavy atom. The average molecular weight is 390 g/mol. The maximum absolute atomic E-state index is 12.7. The molecule has 4 rings (SSSR count). The van der Waals surface area contributed by atoms with Crippen molar-refractivity contribution in [2.24, 2.45) is 5.92 Å². The summed E-state index contributed by atoms with van der Waals surface area (Å²) >= 11 is 0. The monoisotopic (exact) mass is 390 g/mol. The van der Waals surface area contributed by atoms with E-state index in [0.717, 1.165) is 48.2 Å². The second-order valence-corrected chi connectivity index (χ2v) is 7.79. The number of hydrogen-bond acceptors (Lipinski definition) is 4. The van der Waals surface area contributed by atoms with Crippen molar-refractivity contribution in [3.63, 3.8) is 0 Å². The van der Waals surface area contributed by atoms with E-state index in [-0.39, 0.29) is 17.9 Å². The molecule has 6 heteroatoms. The maximum atomic E-state index is 12.7. The summed E-state index contributed by atoms with van der Waals surface area (Å²) in [5.74, 6) is 0.0804. The number of carbonyl (C=O) groups excluding carboxylic acids is 1. The molecule has 0 spiro atoms. The summed E-state index contributed by atoms with van der Waals surface area (Å²) in [6.07, 6.45) is 5.77. The van der Waals surface area contributed by atoms with Crippen LogP contribution in [-0.4, -0.2) is 32.1 Å². The van der Waals surface area contributed by atoms with Crippen molar-refractivity contribution >= 4 is 11.6 Å². The van der Waals surface area contributed by atoms with E-state index >= 15 is 0 Å². The Balaban J connectivity index is 1.51. The first-order valence-electron chi connectivity index (χ1n) is 10.2. The van der Waals surface area contributed by atoms with Crippen LogP contribution >= 0.6 is 0 Å². The van der Waals surface area contributed by atoms with Crippen LogP contribution in [0.3, 0.4) is 0 Å². The van der Waals surface area contributed by atoms with E-state index in [1.54, 1.807) is 4.68 Å². The van der Waals surface area contributed by atoms with Crippen molar-refractivity contribution in [2.45, 2.75) is 45.3 Å². The van der Waals surface area contributed by atoms with Gasteiger partial charge in [0, 0.05) is 29.3 Å². The number of benzene rings is 2. The van der Waals surface area contributed by atoms with Crippen molar-refractivity contribution in [3.8, 4) is 11.3 Å². The summed E-state index contributed by atoms with van der Waals surface area (Å²) < 4.78 is 1.80. The van der Waals surface area contributed by atoms with Crippen LogP contribution in [0.2, 0.25) is 0 Å². The third-order valence-corrected chi connectivity index (χ3v) is 5.64. The minimum Gasteiger partial charge on any atom is -0.393 e. The smallest absolute Gasteiger partial charge is 0.255 e. The molecule has 1 aliphatic rings. The van der Waals surface area contributed by atoms with Gasteiger partial charge in [-0.2, -0.15) is 0 Å². The van der Waals surface area contributed by atoms with Crippen molar-refractivity contribution in [2.75, 3.05) is 5.32 Å². The molecule has 1 aromatic heterocycles. The van der Waals surface area contributed by atoms with Gasteiger partial charge < -0.3 is 10.4 Å². The zero-order chi connectivity index (χ0) is 20.2. The first kappa shape index (κ1) is 19.3. The molecule has 0 radical (unpaired) electrons. The standard InChI is InChI=1S/C23H26N4O2/c1-16-11-12-17(13-20(16)23(29)24-19-8-3-2-4-9-19)21-15-27(26-25-21)14-18-7-5-6-10-22(18)28/h2-4,8-9,11-13,15,18,22,28H,5-7,10,14H2,1H3,(H,24,29). The molecule has 1 heterocycles. The van der Waals surface area contributed by atoms with Gasteiger partial charge in [0.25, 0.3) is 5.91 Å². The number of para-hydroxylation sites is 1. The molecule has 0 aliphatic heterocycles. The number of aliphatic hydroxyl groups excluding tert-OH is 1. The van der Waals surface area contributed by atoms with Crippen LogP contribution in [0, 0.1) is 12.8 Å². The number of rotatable bonds is 5. The Hall–Kier alpha value is -2.99. The lowest BCUT2D eigenvalue weighted by Gasteiger charge is -2.27. The van der Waals surface area contributed by atoms with Gasteiger partial charge in [-0.05, 0) is 43.5 Å². The van der Waals surface area contributed by atoms with Gasteiger partial charge in [0.1, 0.15) is 5.69 Å². The second-order valence-electron chi connectivity index (χ2n) is 7.79. The van der Waals surface area contributed by atoms with Gasteiger partial charge in [0.15, 0.2) is 0 Å². The maximum Gasteiger partial charge on any atom is 0.255 e. The summed E-state index contributed by atoms with van der Waals surface area (Å²) in [4.78, 5) is 12.7. The fourth-order valence-electron chi connectivity index (χ4n) is 3.91. The highest BCUT2D eigenvalue weighted by Gasteiger charge is 2.24. The predicted molar refractivity (Wildman–Crippen MR) is 113 cm³/mol. The highest BCUT2D eigenvalue weighted by Crippen LogP contribution is 2.26. The van der Waals surface area contributed by atoms with Crippen LogP contribution in [0.4, 0.5) is 5.69 Å². The normalized spacial score (nSPS) is 19.1. The Morgan fingerprint density at radius 3 is 2.76 bits per heavy atom. The summed E-state index contributed by atoms with van der Waals surface area (Å²) in [5.41, 5.74) is 3.86. The number of anilines is 1. The lowest BCUT2D eigenvalue weighted by atomic mass is 9.86. The molecule has 1 saturated carbocycles. The molecule has 1 amide bonds. The summed E-state index contributed by atoms with van der Waals surface area (Å²) in [7, 11) is 0. The fraction of sp³-hybridized carbons (Fsp3) is 0.348. The molecular weight excluding hydrogens is 364 g/mol.